The predicted molar refractivity (Wildman–Crippen MR) is 117 cm³/mol. The number of nitrogens with one attached hydrogen (secondary N) is 2. The van der Waals surface area contributed by atoms with Crippen LogP contribution >= 0.6 is 0 Å². The first-order chi connectivity index (χ1) is 14.3. The number of hydrogen-bond acceptors (Lipinski definition) is 5. The standard InChI is InChI=1S/C22H36N4O3/c1-23-22(24-10-5-12-28-17-21-8-4-13-29-21)25-15-18-9-11-26(16-18)19-6-3-7-20(14-19)27-2/h3,6-7,14,18,21H,4-5,8-13,15-17H2,1-2H3,(H2,23,24,25). The molecule has 2 N–H and O–H groups in total. The Bertz CT molecular complexity index is 634. The highest BCUT2D eigenvalue weighted by Crippen LogP contribution is 2.26. The molecule has 0 spiro atoms. The van der Waals surface area contributed by atoms with E-state index in [1.54, 1.807) is 7.11 Å². The van der Waals surface area contributed by atoms with Gasteiger partial charge in [0.15, 0.2) is 5.96 Å². The topological polar surface area (TPSA) is 67.4 Å². The Morgan fingerprint density at radius 2 is 2.24 bits per heavy atom. The quantitative estimate of drug-likeness (QED) is 0.354. The maximum absolute atomic E-state index is 5.70. The highest BCUT2D eigenvalue weighted by Gasteiger charge is 2.23. The molecular formula is C22H36N4O3. The zero-order valence-electron chi connectivity index (χ0n) is 17.9. The van der Waals surface area contributed by atoms with E-state index in [1.807, 2.05) is 13.1 Å². The normalized spacial score (nSPS) is 22.1. The molecule has 0 bridgehead atoms. The Labute approximate surface area is 174 Å². The number of rotatable bonds is 10. The van der Waals surface area contributed by atoms with Crippen LogP contribution < -0.4 is 20.3 Å². The molecule has 0 aromatic heterocycles. The van der Waals surface area contributed by atoms with E-state index in [2.05, 4.69) is 38.7 Å². The monoisotopic (exact) mass is 404 g/mol. The van der Waals surface area contributed by atoms with Gasteiger partial charge in [0.25, 0.3) is 0 Å². The summed E-state index contributed by atoms with van der Waals surface area (Å²) in [7, 11) is 3.53. The molecule has 1 aromatic rings. The van der Waals surface area contributed by atoms with Gasteiger partial charge in [-0.2, -0.15) is 0 Å². The van der Waals surface area contributed by atoms with E-state index in [9.17, 15) is 0 Å². The van der Waals surface area contributed by atoms with Gasteiger partial charge in [0.2, 0.25) is 0 Å². The van der Waals surface area contributed by atoms with Gasteiger partial charge in [-0.05, 0) is 43.7 Å². The fourth-order valence-electron chi connectivity index (χ4n) is 3.87. The first kappa shape index (κ1) is 21.7. The molecule has 3 rings (SSSR count). The number of ether oxygens (including phenoxy) is 3. The summed E-state index contributed by atoms with van der Waals surface area (Å²) in [6.07, 6.45) is 4.74. The molecule has 0 radical (unpaired) electrons. The summed E-state index contributed by atoms with van der Waals surface area (Å²) in [4.78, 5) is 6.76. The SMILES string of the molecule is CN=C(NCCCOCC1CCCO1)NCC1CCN(c2cccc(OC)c2)C1. The van der Waals surface area contributed by atoms with Crippen molar-refractivity contribution in [3.05, 3.63) is 24.3 Å². The van der Waals surface area contributed by atoms with Crippen molar-refractivity contribution in [3.63, 3.8) is 0 Å². The second kappa shape index (κ2) is 11.9. The molecule has 7 nitrogen and oxygen atoms in total. The summed E-state index contributed by atoms with van der Waals surface area (Å²) in [5.41, 5.74) is 1.23. The van der Waals surface area contributed by atoms with Gasteiger partial charge in [-0.25, -0.2) is 0 Å². The zero-order valence-corrected chi connectivity index (χ0v) is 17.9. The second-order valence-electron chi connectivity index (χ2n) is 7.75. The molecule has 2 unspecified atom stereocenters. The third kappa shape index (κ3) is 7.08. The van der Waals surface area contributed by atoms with Crippen molar-refractivity contribution in [3.8, 4) is 5.75 Å². The van der Waals surface area contributed by atoms with Gasteiger partial charge < -0.3 is 29.7 Å². The number of anilines is 1. The smallest absolute Gasteiger partial charge is 0.190 e. The van der Waals surface area contributed by atoms with E-state index in [0.717, 1.165) is 77.0 Å². The second-order valence-corrected chi connectivity index (χ2v) is 7.75. The van der Waals surface area contributed by atoms with Crippen molar-refractivity contribution >= 4 is 11.6 Å². The van der Waals surface area contributed by atoms with Crippen molar-refractivity contribution in [2.75, 3.05) is 65.1 Å². The van der Waals surface area contributed by atoms with Gasteiger partial charge in [0.1, 0.15) is 5.75 Å². The van der Waals surface area contributed by atoms with Crippen molar-refractivity contribution in [2.24, 2.45) is 10.9 Å². The van der Waals surface area contributed by atoms with Crippen molar-refractivity contribution < 1.29 is 14.2 Å². The highest BCUT2D eigenvalue weighted by molar-refractivity contribution is 5.79. The molecule has 2 atom stereocenters. The lowest BCUT2D eigenvalue weighted by atomic mass is 10.1. The number of guanidine groups is 1. The molecule has 29 heavy (non-hydrogen) atoms. The number of nitrogens with zero attached hydrogens (tertiary/aromatic N) is 2. The Hall–Kier alpha value is -1.99. The van der Waals surface area contributed by atoms with Gasteiger partial charge >= 0.3 is 0 Å². The van der Waals surface area contributed by atoms with Gasteiger partial charge in [0.05, 0.1) is 19.8 Å². The van der Waals surface area contributed by atoms with Crippen LogP contribution in [0.5, 0.6) is 5.75 Å². The summed E-state index contributed by atoms with van der Waals surface area (Å²) in [5.74, 6) is 2.38. The predicted octanol–water partition coefficient (Wildman–Crippen LogP) is 2.27. The largest absolute Gasteiger partial charge is 0.497 e. The molecule has 2 aliphatic heterocycles. The minimum atomic E-state index is 0.306. The van der Waals surface area contributed by atoms with Crippen molar-refractivity contribution in [1.29, 1.82) is 0 Å². The summed E-state index contributed by atoms with van der Waals surface area (Å²) in [6.45, 7) is 6.26. The molecule has 0 saturated carbocycles. The van der Waals surface area contributed by atoms with Gasteiger partial charge in [-0.1, -0.05) is 6.07 Å². The van der Waals surface area contributed by atoms with E-state index in [0.29, 0.717) is 12.0 Å². The average molecular weight is 405 g/mol. The van der Waals surface area contributed by atoms with Gasteiger partial charge in [-0.15, -0.1) is 0 Å². The van der Waals surface area contributed by atoms with Gasteiger partial charge in [0, 0.05) is 58.2 Å². The number of aliphatic imine (C=N–C) groups is 1. The molecule has 2 aliphatic rings. The van der Waals surface area contributed by atoms with E-state index < -0.39 is 0 Å². The summed E-state index contributed by atoms with van der Waals surface area (Å²) < 4.78 is 16.6. The lowest BCUT2D eigenvalue weighted by molar-refractivity contribution is 0.0168. The summed E-state index contributed by atoms with van der Waals surface area (Å²) >= 11 is 0. The van der Waals surface area contributed by atoms with E-state index in [1.165, 1.54) is 12.1 Å². The van der Waals surface area contributed by atoms with Gasteiger partial charge in [-0.3, -0.25) is 4.99 Å². The minimum Gasteiger partial charge on any atom is -0.497 e. The lowest BCUT2D eigenvalue weighted by Gasteiger charge is -2.20. The highest BCUT2D eigenvalue weighted by atomic mass is 16.5. The first-order valence-electron chi connectivity index (χ1n) is 10.8. The lowest BCUT2D eigenvalue weighted by Crippen LogP contribution is -2.40. The van der Waals surface area contributed by atoms with Crippen molar-refractivity contribution in [1.82, 2.24) is 10.6 Å². The summed E-state index contributed by atoms with van der Waals surface area (Å²) in [6, 6.07) is 8.30. The molecule has 1 aromatic carbocycles. The van der Waals surface area contributed by atoms with E-state index >= 15 is 0 Å². The van der Waals surface area contributed by atoms with Crippen LogP contribution in [-0.2, 0) is 9.47 Å². The molecular weight excluding hydrogens is 368 g/mol. The minimum absolute atomic E-state index is 0.306. The van der Waals surface area contributed by atoms with Crippen LogP contribution in [0.1, 0.15) is 25.7 Å². The molecule has 0 amide bonds. The maximum Gasteiger partial charge on any atom is 0.190 e. The Morgan fingerprint density at radius 1 is 1.31 bits per heavy atom. The van der Waals surface area contributed by atoms with Crippen LogP contribution in [0.25, 0.3) is 0 Å². The van der Waals surface area contributed by atoms with Crippen LogP contribution in [0.4, 0.5) is 5.69 Å². The van der Waals surface area contributed by atoms with Crippen LogP contribution in [-0.4, -0.2) is 72.2 Å². The first-order valence-corrected chi connectivity index (χ1v) is 10.8. The zero-order chi connectivity index (χ0) is 20.3. The average Bonchev–Trinajstić information content (AvgIpc) is 3.45. The number of methoxy groups -OCH3 is 1. The third-order valence-corrected chi connectivity index (χ3v) is 5.57. The van der Waals surface area contributed by atoms with Crippen LogP contribution in [0.2, 0.25) is 0 Å². The Balaban J connectivity index is 1.28. The van der Waals surface area contributed by atoms with Crippen LogP contribution in [0.15, 0.2) is 29.3 Å². The number of hydrogen-bond donors (Lipinski definition) is 2. The molecule has 162 valence electrons. The molecule has 7 heteroatoms. The molecule has 2 heterocycles. The van der Waals surface area contributed by atoms with E-state index in [4.69, 9.17) is 14.2 Å². The van der Waals surface area contributed by atoms with Crippen molar-refractivity contribution in [2.45, 2.75) is 31.8 Å². The third-order valence-electron chi connectivity index (χ3n) is 5.57. The van der Waals surface area contributed by atoms with E-state index in [-0.39, 0.29) is 0 Å². The van der Waals surface area contributed by atoms with Crippen LogP contribution in [0.3, 0.4) is 0 Å². The fourth-order valence-corrected chi connectivity index (χ4v) is 3.87. The fraction of sp³-hybridized carbons (Fsp3) is 0.682. The molecule has 2 fully saturated rings. The Morgan fingerprint density at radius 3 is 3.03 bits per heavy atom. The van der Waals surface area contributed by atoms with Crippen LogP contribution in [0, 0.1) is 5.92 Å². The molecule has 2 saturated heterocycles. The summed E-state index contributed by atoms with van der Waals surface area (Å²) in [5, 5.41) is 6.85. The molecule has 0 aliphatic carbocycles. The Kier molecular flexibility index (Phi) is 8.89. The maximum atomic E-state index is 5.70. The number of benzene rings is 1.